The first kappa shape index (κ1) is 24.5. The fourth-order valence-electron chi connectivity index (χ4n) is 3.59. The molecule has 0 fully saturated rings. The summed E-state index contributed by atoms with van der Waals surface area (Å²) in [7, 11) is 1.55. The number of nitro benzene ring substituents is 1. The number of para-hydroxylation sites is 1. The Morgan fingerprint density at radius 2 is 2.00 bits per heavy atom. The number of hydrogen-bond acceptors (Lipinski definition) is 9. The van der Waals surface area contributed by atoms with Crippen LogP contribution in [0.2, 0.25) is 0 Å². The van der Waals surface area contributed by atoms with E-state index < -0.39 is 10.8 Å². The molecule has 5 aromatic rings. The van der Waals surface area contributed by atoms with Crippen LogP contribution in [0.5, 0.6) is 5.75 Å². The van der Waals surface area contributed by atoms with Gasteiger partial charge in [-0.25, -0.2) is 4.98 Å². The van der Waals surface area contributed by atoms with Gasteiger partial charge in [-0.3, -0.25) is 19.7 Å². The third kappa shape index (κ3) is 5.04. The second-order valence-electron chi connectivity index (χ2n) is 7.93. The molecule has 0 radical (unpaired) electrons. The molecule has 5 rings (SSSR count). The highest BCUT2D eigenvalue weighted by molar-refractivity contribution is 7.22. The van der Waals surface area contributed by atoms with E-state index in [2.05, 4.69) is 10.1 Å². The maximum atomic E-state index is 13.3. The summed E-state index contributed by atoms with van der Waals surface area (Å²) in [6.45, 7) is 0. The Kier molecular flexibility index (Phi) is 6.74. The Bertz CT molecular complexity index is 1810. The van der Waals surface area contributed by atoms with Crippen LogP contribution in [0.3, 0.4) is 0 Å². The van der Waals surface area contributed by atoms with Crippen LogP contribution in [0.25, 0.3) is 27.3 Å². The fraction of sp³-hybridized carbons (Fsp3) is 0.0370. The van der Waals surface area contributed by atoms with Crippen LogP contribution >= 0.6 is 11.3 Å². The molecule has 0 saturated carbocycles. The highest BCUT2D eigenvalue weighted by Crippen LogP contribution is 2.32. The van der Waals surface area contributed by atoms with Crippen molar-refractivity contribution in [2.24, 2.45) is 5.10 Å². The number of ether oxygens (including phenoxy) is 1. The van der Waals surface area contributed by atoms with E-state index in [0.717, 1.165) is 9.71 Å². The van der Waals surface area contributed by atoms with Gasteiger partial charge in [-0.2, -0.15) is 10.1 Å². The standard InChI is InChI=1S/C27H18N4O6S/c1-36-20-10-11-22-24(14-20)38-27(29-22)30(25(32)12-9-17-5-4-6-19(13-17)31(34)35)28-15-18-16-37-23-8-3-2-7-21(23)26(18)33/h2-16H,1H3/b12-9+,28-15+. The zero-order valence-electron chi connectivity index (χ0n) is 19.8. The van der Waals surface area contributed by atoms with Crippen molar-refractivity contribution in [3.63, 3.8) is 0 Å². The maximum Gasteiger partial charge on any atom is 0.273 e. The van der Waals surface area contributed by atoms with Gasteiger partial charge < -0.3 is 9.15 Å². The normalized spacial score (nSPS) is 11.5. The van der Waals surface area contributed by atoms with Gasteiger partial charge >= 0.3 is 0 Å². The second-order valence-corrected chi connectivity index (χ2v) is 8.94. The lowest BCUT2D eigenvalue weighted by Gasteiger charge is -2.11. The van der Waals surface area contributed by atoms with Gasteiger partial charge in [0.05, 0.1) is 39.4 Å². The number of amides is 1. The van der Waals surface area contributed by atoms with Crippen molar-refractivity contribution in [1.82, 2.24) is 4.98 Å². The van der Waals surface area contributed by atoms with E-state index in [1.807, 2.05) is 0 Å². The number of hydrogen-bond donors (Lipinski definition) is 0. The van der Waals surface area contributed by atoms with Crippen molar-refractivity contribution in [3.05, 3.63) is 111 Å². The van der Waals surface area contributed by atoms with Crippen LogP contribution in [-0.4, -0.2) is 29.1 Å². The first-order valence-electron chi connectivity index (χ1n) is 11.2. The molecule has 2 heterocycles. The van der Waals surface area contributed by atoms with E-state index in [4.69, 9.17) is 9.15 Å². The molecule has 0 atom stereocenters. The molecule has 2 aromatic heterocycles. The summed E-state index contributed by atoms with van der Waals surface area (Å²) >= 11 is 1.21. The van der Waals surface area contributed by atoms with Gasteiger partial charge in [0.1, 0.15) is 17.6 Å². The number of benzene rings is 3. The summed E-state index contributed by atoms with van der Waals surface area (Å²) in [5.41, 5.74) is 1.27. The molecule has 0 saturated heterocycles. The molecular weight excluding hydrogens is 508 g/mol. The largest absolute Gasteiger partial charge is 0.497 e. The van der Waals surface area contributed by atoms with Gasteiger partial charge in [0.15, 0.2) is 0 Å². The molecular formula is C27H18N4O6S. The van der Waals surface area contributed by atoms with Crippen LogP contribution in [0.4, 0.5) is 10.8 Å². The van der Waals surface area contributed by atoms with E-state index in [1.54, 1.807) is 55.6 Å². The van der Waals surface area contributed by atoms with Crippen molar-refractivity contribution in [1.29, 1.82) is 0 Å². The molecule has 11 heteroatoms. The van der Waals surface area contributed by atoms with Gasteiger partial charge in [-0.15, -0.1) is 0 Å². The molecule has 188 valence electrons. The predicted octanol–water partition coefficient (Wildman–Crippen LogP) is 5.40. The monoisotopic (exact) mass is 526 g/mol. The lowest BCUT2D eigenvalue weighted by atomic mass is 10.2. The van der Waals surface area contributed by atoms with Gasteiger partial charge in [0.2, 0.25) is 10.6 Å². The summed E-state index contributed by atoms with van der Waals surface area (Å²) in [5, 5.41) is 17.1. The molecule has 0 unspecified atom stereocenters. The number of rotatable bonds is 7. The summed E-state index contributed by atoms with van der Waals surface area (Å²) in [6.07, 6.45) is 5.19. The quantitative estimate of drug-likeness (QED) is 0.120. The Hall–Kier alpha value is -5.16. The number of anilines is 1. The molecule has 0 spiro atoms. The second kappa shape index (κ2) is 10.4. The number of carbonyl (C=O) groups is 1. The summed E-state index contributed by atoms with van der Waals surface area (Å²) in [6, 6.07) is 18.0. The van der Waals surface area contributed by atoms with Crippen molar-refractivity contribution >= 4 is 61.5 Å². The van der Waals surface area contributed by atoms with Crippen LogP contribution in [0.15, 0.2) is 93.4 Å². The lowest BCUT2D eigenvalue weighted by Crippen LogP contribution is -2.24. The van der Waals surface area contributed by atoms with Gasteiger partial charge in [0, 0.05) is 18.2 Å². The van der Waals surface area contributed by atoms with E-state index in [-0.39, 0.29) is 21.8 Å². The zero-order valence-corrected chi connectivity index (χ0v) is 20.6. The smallest absolute Gasteiger partial charge is 0.273 e. The predicted molar refractivity (Wildman–Crippen MR) is 146 cm³/mol. The Morgan fingerprint density at radius 3 is 2.82 bits per heavy atom. The Morgan fingerprint density at radius 1 is 1.16 bits per heavy atom. The topological polar surface area (TPSA) is 128 Å². The summed E-state index contributed by atoms with van der Waals surface area (Å²) in [4.78, 5) is 41.3. The number of hydrazone groups is 1. The summed E-state index contributed by atoms with van der Waals surface area (Å²) in [5.74, 6) is 0.0531. The minimum absolute atomic E-state index is 0.0994. The molecule has 3 aromatic carbocycles. The van der Waals surface area contributed by atoms with Crippen molar-refractivity contribution < 1.29 is 18.9 Å². The molecule has 0 aliphatic carbocycles. The number of non-ortho nitro benzene ring substituents is 1. The first-order valence-corrected chi connectivity index (χ1v) is 12.0. The molecule has 38 heavy (non-hydrogen) atoms. The van der Waals surface area contributed by atoms with Crippen molar-refractivity contribution in [2.75, 3.05) is 12.1 Å². The Balaban J connectivity index is 1.53. The minimum Gasteiger partial charge on any atom is -0.497 e. The van der Waals surface area contributed by atoms with E-state index in [9.17, 15) is 19.7 Å². The van der Waals surface area contributed by atoms with E-state index >= 15 is 0 Å². The molecule has 1 amide bonds. The number of methoxy groups -OCH3 is 1. The lowest BCUT2D eigenvalue weighted by molar-refractivity contribution is -0.384. The number of fused-ring (bicyclic) bond motifs is 2. The summed E-state index contributed by atoms with van der Waals surface area (Å²) < 4.78 is 11.6. The van der Waals surface area contributed by atoms with Gasteiger partial charge in [-0.1, -0.05) is 35.6 Å². The number of aromatic nitrogens is 1. The van der Waals surface area contributed by atoms with Crippen LogP contribution in [0, 0.1) is 10.1 Å². The average Bonchev–Trinajstić information content (AvgIpc) is 3.36. The number of carbonyl (C=O) groups excluding carboxylic acids is 1. The van der Waals surface area contributed by atoms with Gasteiger partial charge in [-0.05, 0) is 42.0 Å². The highest BCUT2D eigenvalue weighted by Gasteiger charge is 2.18. The SMILES string of the molecule is COc1ccc2nc(N(/N=C/c3coc4ccccc4c3=O)C(=O)/C=C/c3cccc([N+](=O)[O-])c3)sc2c1. The number of thiazole rings is 1. The van der Waals surface area contributed by atoms with Crippen LogP contribution < -0.4 is 15.2 Å². The van der Waals surface area contributed by atoms with E-state index in [1.165, 1.54) is 54.2 Å². The van der Waals surface area contributed by atoms with E-state index in [0.29, 0.717) is 27.8 Å². The third-order valence-corrected chi connectivity index (χ3v) is 6.49. The zero-order chi connectivity index (χ0) is 26.6. The first-order chi connectivity index (χ1) is 18.4. The number of nitrogens with zero attached hydrogens (tertiary/aromatic N) is 4. The molecule has 10 nitrogen and oxygen atoms in total. The fourth-order valence-corrected chi connectivity index (χ4v) is 4.55. The molecule has 0 N–H and O–H groups in total. The molecule has 0 aliphatic rings. The molecule has 0 bridgehead atoms. The maximum absolute atomic E-state index is 13.3. The number of nitro groups is 1. The minimum atomic E-state index is -0.580. The average molecular weight is 527 g/mol. The van der Waals surface area contributed by atoms with Gasteiger partial charge in [0.25, 0.3) is 11.6 Å². The van der Waals surface area contributed by atoms with Crippen molar-refractivity contribution in [2.45, 2.75) is 0 Å². The third-order valence-electron chi connectivity index (χ3n) is 5.49. The Labute approximate surface area is 218 Å². The van der Waals surface area contributed by atoms with Crippen LogP contribution in [0.1, 0.15) is 11.1 Å². The van der Waals surface area contributed by atoms with Crippen LogP contribution in [-0.2, 0) is 4.79 Å². The highest BCUT2D eigenvalue weighted by atomic mass is 32.1. The van der Waals surface area contributed by atoms with Crippen molar-refractivity contribution in [3.8, 4) is 5.75 Å². The molecule has 0 aliphatic heterocycles.